The summed E-state index contributed by atoms with van der Waals surface area (Å²) in [5.41, 5.74) is 0. The van der Waals surface area contributed by atoms with Crippen LogP contribution in [0.4, 0.5) is 8.78 Å². The predicted octanol–water partition coefficient (Wildman–Crippen LogP) is 8.74. The van der Waals surface area contributed by atoms with E-state index in [1.165, 1.54) is 69.9 Å². The van der Waals surface area contributed by atoms with E-state index >= 15 is 0 Å². The standard InChI is InChI=1S/C30H44F2O2/c1-3-21-5-7-23(8-6-21)19-33-27-17-18-28(30(32)29(27)31)34-20-24-11-15-26(16-12-24)25-13-9-22(4-2)10-14-25/h4,17-18,21-26H,2-3,5-16,19-20H2,1H3/t21-,22-,23-,24-,25-,26-. The Bertz CT molecular complexity index is 770. The first-order chi connectivity index (χ1) is 16.6. The lowest BCUT2D eigenvalue weighted by atomic mass is 9.69. The van der Waals surface area contributed by atoms with Gasteiger partial charge in [0.1, 0.15) is 0 Å². The van der Waals surface area contributed by atoms with Gasteiger partial charge in [0.05, 0.1) is 13.2 Å². The Balaban J connectivity index is 1.19. The second-order valence-corrected chi connectivity index (χ2v) is 11.3. The van der Waals surface area contributed by atoms with Crippen molar-refractivity contribution < 1.29 is 18.3 Å². The fourth-order valence-electron chi connectivity index (χ4n) is 6.64. The molecule has 1 aromatic carbocycles. The van der Waals surface area contributed by atoms with Gasteiger partial charge in [0.15, 0.2) is 11.5 Å². The van der Waals surface area contributed by atoms with Crippen LogP contribution in [0.15, 0.2) is 24.8 Å². The second kappa shape index (κ2) is 12.4. The zero-order chi connectivity index (χ0) is 23.9. The highest BCUT2D eigenvalue weighted by molar-refractivity contribution is 5.35. The number of hydrogen-bond donors (Lipinski definition) is 0. The summed E-state index contributed by atoms with van der Waals surface area (Å²) >= 11 is 0. The summed E-state index contributed by atoms with van der Waals surface area (Å²) in [7, 11) is 0. The Morgan fingerprint density at radius 2 is 1.12 bits per heavy atom. The van der Waals surface area contributed by atoms with E-state index in [0.29, 0.717) is 31.0 Å². The number of ether oxygens (including phenoxy) is 2. The van der Waals surface area contributed by atoms with E-state index in [-0.39, 0.29) is 11.5 Å². The van der Waals surface area contributed by atoms with Gasteiger partial charge in [0.2, 0.25) is 11.6 Å². The molecule has 0 bridgehead atoms. The molecular weight excluding hydrogens is 430 g/mol. The molecule has 3 saturated carbocycles. The van der Waals surface area contributed by atoms with Crippen LogP contribution in [0.1, 0.15) is 90.4 Å². The SMILES string of the molecule is C=C[C@H]1CC[C@H]([C@H]2CC[C@H](COc3ccc(OC[C@H]4CC[C@H](CC)CC4)c(F)c3F)CC2)CC1. The molecule has 0 N–H and O–H groups in total. The number of hydrogen-bond acceptors (Lipinski definition) is 2. The molecule has 0 radical (unpaired) electrons. The quantitative estimate of drug-likeness (QED) is 0.333. The average Bonchev–Trinajstić information content (AvgIpc) is 2.89. The Hall–Kier alpha value is -1.58. The Kier molecular flexibility index (Phi) is 9.31. The molecule has 0 atom stereocenters. The summed E-state index contributed by atoms with van der Waals surface area (Å²) in [6.07, 6.45) is 18.0. The van der Waals surface area contributed by atoms with E-state index < -0.39 is 11.6 Å². The van der Waals surface area contributed by atoms with Crippen LogP contribution in [0.5, 0.6) is 11.5 Å². The first-order valence-corrected chi connectivity index (χ1v) is 13.9. The van der Waals surface area contributed by atoms with E-state index in [0.717, 1.165) is 43.4 Å². The molecule has 1 aromatic rings. The van der Waals surface area contributed by atoms with Crippen LogP contribution in [0, 0.1) is 47.1 Å². The number of benzene rings is 1. The van der Waals surface area contributed by atoms with Crippen LogP contribution in [0.25, 0.3) is 0 Å². The van der Waals surface area contributed by atoms with E-state index in [4.69, 9.17) is 9.47 Å². The van der Waals surface area contributed by atoms with Gasteiger partial charge in [0.25, 0.3) is 0 Å². The van der Waals surface area contributed by atoms with Crippen molar-refractivity contribution >= 4 is 0 Å². The molecular formula is C30H44F2O2. The summed E-state index contributed by atoms with van der Waals surface area (Å²) in [6.45, 7) is 7.13. The molecule has 0 saturated heterocycles. The molecule has 0 amide bonds. The van der Waals surface area contributed by atoms with Gasteiger partial charge in [0, 0.05) is 0 Å². The van der Waals surface area contributed by atoms with E-state index in [1.807, 2.05) is 0 Å². The molecule has 0 aromatic heterocycles. The molecule has 0 heterocycles. The van der Waals surface area contributed by atoms with Gasteiger partial charge >= 0.3 is 0 Å². The van der Waals surface area contributed by atoms with Crippen LogP contribution >= 0.6 is 0 Å². The molecule has 3 aliphatic rings. The number of rotatable bonds is 9. The number of halogens is 2. The molecule has 0 unspecified atom stereocenters. The third-order valence-corrected chi connectivity index (χ3v) is 9.21. The fourth-order valence-corrected chi connectivity index (χ4v) is 6.64. The average molecular weight is 475 g/mol. The minimum Gasteiger partial charge on any atom is -0.490 e. The van der Waals surface area contributed by atoms with Gasteiger partial charge in [-0.3, -0.25) is 0 Å². The maximum atomic E-state index is 14.7. The molecule has 4 heteroatoms. The Morgan fingerprint density at radius 1 is 0.706 bits per heavy atom. The maximum absolute atomic E-state index is 14.7. The predicted molar refractivity (Wildman–Crippen MR) is 134 cm³/mol. The highest BCUT2D eigenvalue weighted by Gasteiger charge is 2.30. The minimum atomic E-state index is -0.918. The maximum Gasteiger partial charge on any atom is 0.204 e. The van der Waals surface area contributed by atoms with Gasteiger partial charge in [-0.2, -0.15) is 8.78 Å². The topological polar surface area (TPSA) is 18.5 Å². The van der Waals surface area contributed by atoms with E-state index in [9.17, 15) is 8.78 Å². The van der Waals surface area contributed by atoms with Crippen LogP contribution < -0.4 is 9.47 Å². The molecule has 190 valence electrons. The van der Waals surface area contributed by atoms with Crippen LogP contribution in [0.2, 0.25) is 0 Å². The third-order valence-electron chi connectivity index (χ3n) is 9.21. The summed E-state index contributed by atoms with van der Waals surface area (Å²) < 4.78 is 40.7. The Morgan fingerprint density at radius 3 is 1.56 bits per heavy atom. The van der Waals surface area contributed by atoms with Crippen LogP contribution in [-0.2, 0) is 0 Å². The van der Waals surface area contributed by atoms with Crippen molar-refractivity contribution in [1.82, 2.24) is 0 Å². The highest BCUT2D eigenvalue weighted by atomic mass is 19.2. The van der Waals surface area contributed by atoms with Crippen molar-refractivity contribution in [3.05, 3.63) is 36.4 Å². The molecule has 3 fully saturated rings. The largest absolute Gasteiger partial charge is 0.490 e. The molecule has 0 aliphatic heterocycles. The smallest absolute Gasteiger partial charge is 0.204 e. The van der Waals surface area contributed by atoms with Crippen molar-refractivity contribution in [2.75, 3.05) is 13.2 Å². The second-order valence-electron chi connectivity index (χ2n) is 11.3. The summed E-state index contributed by atoms with van der Waals surface area (Å²) in [4.78, 5) is 0. The first-order valence-electron chi connectivity index (χ1n) is 13.9. The van der Waals surface area contributed by atoms with Crippen molar-refractivity contribution in [2.24, 2.45) is 35.5 Å². The minimum absolute atomic E-state index is 0.00847. The molecule has 0 spiro atoms. The van der Waals surface area contributed by atoms with Gasteiger partial charge in [-0.05, 0) is 112 Å². The zero-order valence-corrected chi connectivity index (χ0v) is 21.1. The normalized spacial score (nSPS) is 32.2. The Labute approximate surface area is 205 Å². The zero-order valence-electron chi connectivity index (χ0n) is 21.1. The third kappa shape index (κ3) is 6.55. The highest BCUT2D eigenvalue weighted by Crippen LogP contribution is 2.42. The molecule has 2 nitrogen and oxygen atoms in total. The number of allylic oxidation sites excluding steroid dienone is 1. The van der Waals surface area contributed by atoms with Crippen molar-refractivity contribution in [2.45, 2.75) is 90.4 Å². The molecule has 3 aliphatic carbocycles. The van der Waals surface area contributed by atoms with Gasteiger partial charge in [-0.15, -0.1) is 6.58 Å². The summed E-state index contributed by atoms with van der Waals surface area (Å²) in [5.74, 6) is 2.27. The van der Waals surface area contributed by atoms with Crippen molar-refractivity contribution in [3.63, 3.8) is 0 Å². The fraction of sp³-hybridized carbons (Fsp3) is 0.733. The van der Waals surface area contributed by atoms with Crippen LogP contribution in [-0.4, -0.2) is 13.2 Å². The van der Waals surface area contributed by atoms with Gasteiger partial charge in [-0.1, -0.05) is 32.3 Å². The van der Waals surface area contributed by atoms with E-state index in [2.05, 4.69) is 19.6 Å². The van der Waals surface area contributed by atoms with Gasteiger partial charge in [-0.25, -0.2) is 0 Å². The first kappa shape index (κ1) is 25.5. The van der Waals surface area contributed by atoms with E-state index in [1.54, 1.807) is 0 Å². The lowest BCUT2D eigenvalue weighted by Crippen LogP contribution is -2.27. The van der Waals surface area contributed by atoms with Crippen molar-refractivity contribution in [1.29, 1.82) is 0 Å². The van der Waals surface area contributed by atoms with Crippen molar-refractivity contribution in [3.8, 4) is 11.5 Å². The summed E-state index contributed by atoms with van der Waals surface area (Å²) in [6, 6.07) is 3.06. The lowest BCUT2D eigenvalue weighted by Gasteiger charge is -2.37. The molecule has 34 heavy (non-hydrogen) atoms. The molecule has 4 rings (SSSR count). The van der Waals surface area contributed by atoms with Gasteiger partial charge < -0.3 is 9.47 Å². The lowest BCUT2D eigenvalue weighted by molar-refractivity contribution is 0.127. The monoisotopic (exact) mass is 474 g/mol. The van der Waals surface area contributed by atoms with Crippen LogP contribution in [0.3, 0.4) is 0 Å². The summed E-state index contributed by atoms with van der Waals surface area (Å²) in [5, 5.41) is 0.